The molecule has 2 aromatic rings. The van der Waals surface area contributed by atoms with Crippen LogP contribution in [-0.2, 0) is 0 Å². The molecule has 0 bridgehead atoms. The fraction of sp³-hybridized carbons (Fsp3) is 0.357. The number of nitrogens with one attached hydrogen (secondary N) is 1. The molecule has 2 aromatic heterocycles. The van der Waals surface area contributed by atoms with Crippen molar-refractivity contribution in [2.75, 3.05) is 12.3 Å². The zero-order valence-corrected chi connectivity index (χ0v) is 11.8. The maximum Gasteiger partial charge on any atom is 0.270 e. The lowest BCUT2D eigenvalue weighted by molar-refractivity contribution is 0.0948. The van der Waals surface area contributed by atoms with Crippen LogP contribution in [-0.4, -0.2) is 38.2 Å². The van der Waals surface area contributed by atoms with Crippen molar-refractivity contribution in [3.8, 4) is 5.82 Å². The van der Waals surface area contributed by atoms with Crippen molar-refractivity contribution in [2.24, 2.45) is 0 Å². The first-order valence-corrected chi connectivity index (χ1v) is 7.75. The second-order valence-corrected chi connectivity index (χ2v) is 6.08. The summed E-state index contributed by atoms with van der Waals surface area (Å²) in [7, 11) is 0. The molecule has 3 heterocycles. The van der Waals surface area contributed by atoms with E-state index in [1.54, 1.807) is 23.1 Å². The molecule has 1 atom stereocenters. The number of pyridine rings is 1. The van der Waals surface area contributed by atoms with Crippen molar-refractivity contribution >= 4 is 17.7 Å². The quantitative estimate of drug-likeness (QED) is 0.933. The molecule has 1 saturated heterocycles. The highest BCUT2D eigenvalue weighted by atomic mass is 32.2. The molecule has 0 radical (unpaired) electrons. The van der Waals surface area contributed by atoms with Gasteiger partial charge in [0.2, 0.25) is 0 Å². The highest BCUT2D eigenvalue weighted by Crippen LogP contribution is 2.25. The van der Waals surface area contributed by atoms with Gasteiger partial charge in [-0.05, 0) is 36.8 Å². The van der Waals surface area contributed by atoms with Gasteiger partial charge in [0.05, 0.1) is 0 Å². The molecule has 1 amide bonds. The van der Waals surface area contributed by atoms with Gasteiger partial charge >= 0.3 is 0 Å². The Morgan fingerprint density at radius 1 is 1.45 bits per heavy atom. The highest BCUT2D eigenvalue weighted by Gasteiger charge is 2.17. The molecule has 104 valence electrons. The third kappa shape index (κ3) is 3.01. The van der Waals surface area contributed by atoms with Crippen LogP contribution in [0.15, 0.2) is 36.7 Å². The molecule has 1 aliphatic rings. The monoisotopic (exact) mass is 288 g/mol. The lowest BCUT2D eigenvalue weighted by Crippen LogP contribution is -2.30. The van der Waals surface area contributed by atoms with Crippen molar-refractivity contribution in [2.45, 2.75) is 18.1 Å². The fourth-order valence-corrected chi connectivity index (χ4v) is 3.39. The van der Waals surface area contributed by atoms with Crippen LogP contribution in [0.1, 0.15) is 23.3 Å². The molecular weight excluding hydrogens is 272 g/mol. The summed E-state index contributed by atoms with van der Waals surface area (Å²) >= 11 is 1.93. The smallest absolute Gasteiger partial charge is 0.270 e. The lowest BCUT2D eigenvalue weighted by Gasteiger charge is -2.10. The molecule has 0 spiro atoms. The maximum atomic E-state index is 12.1. The number of aromatic nitrogens is 3. The number of carbonyl (C=O) groups is 1. The largest absolute Gasteiger partial charge is 0.350 e. The van der Waals surface area contributed by atoms with E-state index in [2.05, 4.69) is 15.4 Å². The van der Waals surface area contributed by atoms with Gasteiger partial charge in [-0.3, -0.25) is 4.79 Å². The minimum atomic E-state index is -0.119. The van der Waals surface area contributed by atoms with E-state index in [1.165, 1.54) is 18.6 Å². The van der Waals surface area contributed by atoms with Crippen molar-refractivity contribution in [3.63, 3.8) is 0 Å². The lowest BCUT2D eigenvalue weighted by atomic mass is 10.2. The standard InChI is InChI=1S/C14H16N4OS/c19-14(15-10-11-4-2-9-20-11)12-5-1-6-13(17-12)18-8-3-7-16-18/h1,3,5-8,11H,2,4,9-10H2,(H,15,19)/t11-/m1/s1. The molecule has 6 heteroatoms. The second kappa shape index (κ2) is 6.09. The summed E-state index contributed by atoms with van der Waals surface area (Å²) in [6, 6.07) is 7.20. The zero-order chi connectivity index (χ0) is 13.8. The first kappa shape index (κ1) is 13.2. The van der Waals surface area contributed by atoms with Crippen LogP contribution >= 0.6 is 11.8 Å². The maximum absolute atomic E-state index is 12.1. The molecule has 0 aromatic carbocycles. The molecule has 1 fully saturated rings. The van der Waals surface area contributed by atoms with Crippen molar-refractivity contribution in [1.29, 1.82) is 0 Å². The number of amides is 1. The second-order valence-electron chi connectivity index (χ2n) is 4.68. The molecule has 20 heavy (non-hydrogen) atoms. The molecular formula is C14H16N4OS. The molecule has 1 aliphatic heterocycles. The summed E-state index contributed by atoms with van der Waals surface area (Å²) < 4.78 is 1.64. The molecule has 0 unspecified atom stereocenters. The normalized spacial score (nSPS) is 18.1. The van der Waals surface area contributed by atoms with Crippen molar-refractivity contribution < 1.29 is 4.79 Å². The fourth-order valence-electron chi connectivity index (χ4n) is 2.18. The van der Waals surface area contributed by atoms with E-state index in [1.807, 2.05) is 30.0 Å². The number of nitrogens with zero attached hydrogens (tertiary/aromatic N) is 3. The van der Waals surface area contributed by atoms with E-state index in [0.29, 0.717) is 16.8 Å². The third-order valence-corrected chi connectivity index (χ3v) is 4.62. The van der Waals surface area contributed by atoms with Gasteiger partial charge in [0.15, 0.2) is 5.82 Å². The zero-order valence-electron chi connectivity index (χ0n) is 11.0. The van der Waals surface area contributed by atoms with Crippen molar-refractivity contribution in [3.05, 3.63) is 42.4 Å². The highest BCUT2D eigenvalue weighted by molar-refractivity contribution is 8.00. The topological polar surface area (TPSA) is 59.8 Å². The number of hydrogen-bond donors (Lipinski definition) is 1. The Kier molecular flexibility index (Phi) is 4.01. The Balaban J connectivity index is 1.66. The van der Waals surface area contributed by atoms with Crippen LogP contribution in [0.5, 0.6) is 0 Å². The first-order valence-electron chi connectivity index (χ1n) is 6.70. The Morgan fingerprint density at radius 2 is 2.40 bits per heavy atom. The average molecular weight is 288 g/mol. The Bertz CT molecular complexity index is 579. The molecule has 1 N–H and O–H groups in total. The minimum Gasteiger partial charge on any atom is -0.350 e. The number of carbonyl (C=O) groups excluding carboxylic acids is 1. The van der Waals surface area contributed by atoms with Crippen LogP contribution in [0.4, 0.5) is 0 Å². The van der Waals surface area contributed by atoms with E-state index >= 15 is 0 Å². The van der Waals surface area contributed by atoms with E-state index in [4.69, 9.17) is 0 Å². The minimum absolute atomic E-state index is 0.119. The van der Waals surface area contributed by atoms with Crippen LogP contribution in [0.2, 0.25) is 0 Å². The van der Waals surface area contributed by atoms with E-state index in [0.717, 1.165) is 6.54 Å². The van der Waals surface area contributed by atoms with E-state index in [-0.39, 0.29) is 5.91 Å². The van der Waals surface area contributed by atoms with Crippen molar-refractivity contribution in [1.82, 2.24) is 20.1 Å². The van der Waals surface area contributed by atoms with Gasteiger partial charge in [0.25, 0.3) is 5.91 Å². The number of thioether (sulfide) groups is 1. The van der Waals surface area contributed by atoms with Crippen LogP contribution in [0, 0.1) is 0 Å². The van der Waals surface area contributed by atoms with E-state index < -0.39 is 0 Å². The Hall–Kier alpha value is -1.82. The summed E-state index contributed by atoms with van der Waals surface area (Å²) in [6.07, 6.45) is 5.93. The van der Waals surface area contributed by atoms with Gasteiger partial charge in [0.1, 0.15) is 5.69 Å². The van der Waals surface area contributed by atoms with Crippen LogP contribution in [0.3, 0.4) is 0 Å². The molecule has 0 saturated carbocycles. The van der Waals surface area contributed by atoms with E-state index in [9.17, 15) is 4.79 Å². The average Bonchev–Trinajstić information content (AvgIpc) is 3.18. The molecule has 0 aliphatic carbocycles. The molecule has 3 rings (SSSR count). The third-order valence-electron chi connectivity index (χ3n) is 3.22. The first-order chi connectivity index (χ1) is 9.83. The van der Waals surface area contributed by atoms with Gasteiger partial charge in [-0.1, -0.05) is 6.07 Å². The Labute approximate surface area is 121 Å². The van der Waals surface area contributed by atoms with Gasteiger partial charge < -0.3 is 5.32 Å². The number of hydrogen-bond acceptors (Lipinski definition) is 4. The summed E-state index contributed by atoms with van der Waals surface area (Å²) in [4.78, 5) is 16.5. The van der Waals surface area contributed by atoms with Gasteiger partial charge in [-0.15, -0.1) is 0 Å². The van der Waals surface area contributed by atoms with Gasteiger partial charge in [0, 0.05) is 24.2 Å². The summed E-state index contributed by atoms with van der Waals surface area (Å²) in [5.41, 5.74) is 0.431. The molecule has 5 nitrogen and oxygen atoms in total. The summed E-state index contributed by atoms with van der Waals surface area (Å²) in [5.74, 6) is 1.73. The Morgan fingerprint density at radius 3 is 3.15 bits per heavy atom. The summed E-state index contributed by atoms with van der Waals surface area (Å²) in [5, 5.41) is 7.63. The predicted molar refractivity (Wildman–Crippen MR) is 79.2 cm³/mol. The number of rotatable bonds is 4. The van der Waals surface area contributed by atoms with Crippen LogP contribution in [0.25, 0.3) is 5.82 Å². The van der Waals surface area contributed by atoms with Gasteiger partial charge in [-0.2, -0.15) is 16.9 Å². The summed E-state index contributed by atoms with van der Waals surface area (Å²) in [6.45, 7) is 0.719. The van der Waals surface area contributed by atoms with Crippen LogP contribution < -0.4 is 5.32 Å². The predicted octanol–water partition coefficient (Wildman–Crippen LogP) is 1.89. The van der Waals surface area contributed by atoms with Gasteiger partial charge in [-0.25, -0.2) is 9.67 Å². The SMILES string of the molecule is O=C(NC[C@H]1CCCS1)c1cccc(-n2cccn2)n1.